The van der Waals surface area contributed by atoms with Crippen LogP contribution in [0.1, 0.15) is 41.3 Å². The summed E-state index contributed by atoms with van der Waals surface area (Å²) in [4.78, 5) is 24.1. The van der Waals surface area contributed by atoms with Gasteiger partial charge in [0.15, 0.2) is 0 Å². The molecule has 28 heavy (non-hydrogen) atoms. The normalized spacial score (nSPS) is 15.7. The number of nitrogens with one attached hydrogen (secondary N) is 2. The number of rotatable bonds is 5. The van der Waals surface area contributed by atoms with Gasteiger partial charge in [-0.05, 0) is 55.2 Å². The SMILES string of the molecule is CC(=O)Nc1cc(C(=O)NCC2(c3cccc(F)c3)CCOCC2)ccc1C. The lowest BCUT2D eigenvalue weighted by molar-refractivity contribution is -0.114. The van der Waals surface area contributed by atoms with Crippen molar-refractivity contribution < 1.29 is 18.7 Å². The second-order valence-electron chi connectivity index (χ2n) is 7.30. The van der Waals surface area contributed by atoms with Gasteiger partial charge in [-0.2, -0.15) is 0 Å². The highest BCUT2D eigenvalue weighted by molar-refractivity contribution is 5.97. The van der Waals surface area contributed by atoms with Gasteiger partial charge in [-0.15, -0.1) is 0 Å². The molecule has 2 N–H and O–H groups in total. The number of hydrogen-bond acceptors (Lipinski definition) is 3. The first-order valence-electron chi connectivity index (χ1n) is 9.40. The Hall–Kier alpha value is -2.73. The van der Waals surface area contributed by atoms with Crippen LogP contribution in [0.25, 0.3) is 0 Å². The van der Waals surface area contributed by atoms with Gasteiger partial charge in [-0.25, -0.2) is 4.39 Å². The second kappa shape index (κ2) is 8.52. The quantitative estimate of drug-likeness (QED) is 0.828. The Morgan fingerprint density at radius 3 is 2.57 bits per heavy atom. The van der Waals surface area contributed by atoms with E-state index < -0.39 is 0 Å². The van der Waals surface area contributed by atoms with E-state index in [1.165, 1.54) is 19.1 Å². The molecule has 5 nitrogen and oxygen atoms in total. The zero-order valence-corrected chi connectivity index (χ0v) is 16.2. The van der Waals surface area contributed by atoms with E-state index in [1.54, 1.807) is 24.3 Å². The third-order valence-electron chi connectivity index (χ3n) is 5.28. The summed E-state index contributed by atoms with van der Waals surface area (Å²) in [6.07, 6.45) is 1.42. The summed E-state index contributed by atoms with van der Waals surface area (Å²) in [6, 6.07) is 11.8. The molecule has 2 aromatic carbocycles. The Balaban J connectivity index is 1.78. The van der Waals surface area contributed by atoms with E-state index in [4.69, 9.17) is 4.74 Å². The van der Waals surface area contributed by atoms with Gasteiger partial charge < -0.3 is 15.4 Å². The van der Waals surface area contributed by atoms with Gasteiger partial charge in [-0.3, -0.25) is 9.59 Å². The van der Waals surface area contributed by atoms with Crippen molar-refractivity contribution in [2.24, 2.45) is 0 Å². The van der Waals surface area contributed by atoms with Crippen LogP contribution in [0, 0.1) is 12.7 Å². The molecule has 0 aliphatic carbocycles. The third kappa shape index (κ3) is 4.57. The van der Waals surface area contributed by atoms with Crippen molar-refractivity contribution >= 4 is 17.5 Å². The number of benzene rings is 2. The lowest BCUT2D eigenvalue weighted by atomic mass is 9.74. The molecule has 0 spiro atoms. The van der Waals surface area contributed by atoms with Gasteiger partial charge in [0.1, 0.15) is 5.82 Å². The number of carbonyl (C=O) groups excluding carboxylic acids is 2. The minimum Gasteiger partial charge on any atom is -0.381 e. The molecule has 0 atom stereocenters. The average molecular weight is 384 g/mol. The molecule has 1 saturated heterocycles. The van der Waals surface area contributed by atoms with Gasteiger partial charge in [0.25, 0.3) is 5.91 Å². The molecule has 0 radical (unpaired) electrons. The highest BCUT2D eigenvalue weighted by Gasteiger charge is 2.35. The fraction of sp³-hybridized carbons (Fsp3) is 0.364. The van der Waals surface area contributed by atoms with Crippen LogP contribution in [-0.2, 0) is 14.9 Å². The van der Waals surface area contributed by atoms with Crippen LogP contribution < -0.4 is 10.6 Å². The lowest BCUT2D eigenvalue weighted by Crippen LogP contribution is -2.44. The Labute approximate surface area is 164 Å². The maximum absolute atomic E-state index is 13.8. The van der Waals surface area contributed by atoms with Crippen LogP contribution in [0.2, 0.25) is 0 Å². The van der Waals surface area contributed by atoms with E-state index in [-0.39, 0.29) is 23.0 Å². The molecule has 1 aliphatic rings. The predicted octanol–water partition coefficient (Wildman–Crippen LogP) is 3.57. The van der Waals surface area contributed by atoms with Crippen molar-refractivity contribution in [2.45, 2.75) is 32.1 Å². The Morgan fingerprint density at radius 2 is 1.89 bits per heavy atom. The highest BCUT2D eigenvalue weighted by atomic mass is 19.1. The third-order valence-corrected chi connectivity index (χ3v) is 5.28. The first-order valence-corrected chi connectivity index (χ1v) is 9.40. The Kier molecular flexibility index (Phi) is 6.09. The van der Waals surface area contributed by atoms with Crippen molar-refractivity contribution in [3.8, 4) is 0 Å². The van der Waals surface area contributed by atoms with Crippen molar-refractivity contribution in [2.75, 3.05) is 25.1 Å². The first-order chi connectivity index (χ1) is 13.4. The molecule has 0 aromatic heterocycles. The van der Waals surface area contributed by atoms with E-state index >= 15 is 0 Å². The van der Waals surface area contributed by atoms with Crippen molar-refractivity contribution in [1.29, 1.82) is 0 Å². The van der Waals surface area contributed by atoms with Crippen LogP contribution in [0.15, 0.2) is 42.5 Å². The van der Waals surface area contributed by atoms with Crippen LogP contribution >= 0.6 is 0 Å². The predicted molar refractivity (Wildman–Crippen MR) is 106 cm³/mol. The van der Waals surface area contributed by atoms with Gasteiger partial charge in [0.05, 0.1) is 0 Å². The first kappa shape index (κ1) is 20.0. The lowest BCUT2D eigenvalue weighted by Gasteiger charge is -2.38. The zero-order chi connectivity index (χ0) is 20.1. The summed E-state index contributed by atoms with van der Waals surface area (Å²) < 4.78 is 19.3. The number of amides is 2. The van der Waals surface area contributed by atoms with Crippen LogP contribution in [0.5, 0.6) is 0 Å². The number of carbonyl (C=O) groups is 2. The molecule has 0 unspecified atom stereocenters. The molecule has 2 aromatic rings. The standard InChI is InChI=1S/C22H25FN2O3/c1-15-6-7-17(12-20(15)25-16(2)26)21(27)24-14-22(8-10-28-11-9-22)18-4-3-5-19(23)13-18/h3-7,12-13H,8-11,14H2,1-2H3,(H,24,27)(H,25,26). The summed E-state index contributed by atoms with van der Waals surface area (Å²) in [5.74, 6) is -0.699. The van der Waals surface area contributed by atoms with E-state index in [0.717, 1.165) is 11.1 Å². The molecule has 3 rings (SSSR count). The topological polar surface area (TPSA) is 67.4 Å². The molecule has 1 aliphatic heterocycles. The Morgan fingerprint density at radius 1 is 1.14 bits per heavy atom. The van der Waals surface area contributed by atoms with Gasteiger partial charge in [0, 0.05) is 43.3 Å². The minimum atomic E-state index is -0.360. The summed E-state index contributed by atoms with van der Waals surface area (Å²) in [6.45, 7) is 4.84. The summed E-state index contributed by atoms with van der Waals surface area (Å²) >= 11 is 0. The van der Waals surface area contributed by atoms with Gasteiger partial charge >= 0.3 is 0 Å². The van der Waals surface area contributed by atoms with Crippen LogP contribution in [0.3, 0.4) is 0 Å². The monoisotopic (exact) mass is 384 g/mol. The molecular formula is C22H25FN2O3. The number of ether oxygens (including phenoxy) is 1. The molecule has 6 heteroatoms. The van der Waals surface area contributed by atoms with Crippen LogP contribution in [0.4, 0.5) is 10.1 Å². The highest BCUT2D eigenvalue weighted by Crippen LogP contribution is 2.34. The smallest absolute Gasteiger partial charge is 0.251 e. The largest absolute Gasteiger partial charge is 0.381 e. The van der Waals surface area contributed by atoms with Crippen molar-refractivity contribution in [3.05, 3.63) is 65.0 Å². The van der Waals surface area contributed by atoms with Gasteiger partial charge in [-0.1, -0.05) is 18.2 Å². The van der Waals surface area contributed by atoms with E-state index in [0.29, 0.717) is 43.9 Å². The minimum absolute atomic E-state index is 0.187. The molecule has 148 valence electrons. The summed E-state index contributed by atoms with van der Waals surface area (Å²) in [5, 5.41) is 5.73. The number of aryl methyl sites for hydroxylation is 1. The molecule has 0 saturated carbocycles. The molecule has 0 bridgehead atoms. The van der Waals surface area contributed by atoms with E-state index in [1.807, 2.05) is 13.0 Å². The number of halogens is 1. The maximum Gasteiger partial charge on any atom is 0.251 e. The van der Waals surface area contributed by atoms with Gasteiger partial charge in [0.2, 0.25) is 5.91 Å². The fourth-order valence-corrected chi connectivity index (χ4v) is 3.59. The number of hydrogen-bond donors (Lipinski definition) is 2. The van der Waals surface area contributed by atoms with E-state index in [9.17, 15) is 14.0 Å². The van der Waals surface area contributed by atoms with E-state index in [2.05, 4.69) is 10.6 Å². The number of anilines is 1. The zero-order valence-electron chi connectivity index (χ0n) is 16.2. The molecule has 2 amide bonds. The summed E-state index contributed by atoms with van der Waals surface area (Å²) in [5.41, 5.74) is 2.48. The van der Waals surface area contributed by atoms with Crippen molar-refractivity contribution in [1.82, 2.24) is 5.32 Å². The Bertz CT molecular complexity index is 876. The second-order valence-corrected chi connectivity index (χ2v) is 7.30. The molecule has 1 heterocycles. The fourth-order valence-electron chi connectivity index (χ4n) is 3.59. The molecule has 1 fully saturated rings. The maximum atomic E-state index is 13.8. The summed E-state index contributed by atoms with van der Waals surface area (Å²) in [7, 11) is 0. The van der Waals surface area contributed by atoms with Crippen LogP contribution in [-0.4, -0.2) is 31.6 Å². The average Bonchev–Trinajstić information content (AvgIpc) is 2.68. The van der Waals surface area contributed by atoms with Crippen molar-refractivity contribution in [3.63, 3.8) is 0 Å². The molecular weight excluding hydrogens is 359 g/mol.